The molecule has 1 aromatic rings. The third-order valence-electron chi connectivity index (χ3n) is 4.25. The summed E-state index contributed by atoms with van der Waals surface area (Å²) < 4.78 is 0. The molecule has 0 atom stereocenters. The Kier molecular flexibility index (Phi) is 1.88. The molecular formula is C13H19N3. The average molecular weight is 217 g/mol. The van der Waals surface area contributed by atoms with Gasteiger partial charge in [-0.2, -0.15) is 0 Å². The highest BCUT2D eigenvalue weighted by molar-refractivity contribution is 5.44. The van der Waals surface area contributed by atoms with Gasteiger partial charge in [-0.3, -0.25) is 0 Å². The van der Waals surface area contributed by atoms with Gasteiger partial charge in [0.25, 0.3) is 0 Å². The molecule has 0 radical (unpaired) electrons. The van der Waals surface area contributed by atoms with Gasteiger partial charge in [-0.1, -0.05) is 6.07 Å². The Balaban J connectivity index is 1.90. The molecule has 3 nitrogen and oxygen atoms in total. The van der Waals surface area contributed by atoms with Crippen LogP contribution < -0.4 is 10.6 Å². The summed E-state index contributed by atoms with van der Waals surface area (Å²) in [5.41, 5.74) is 8.08. The molecular weight excluding hydrogens is 198 g/mol. The van der Waals surface area contributed by atoms with Crippen LogP contribution >= 0.6 is 0 Å². The summed E-state index contributed by atoms with van der Waals surface area (Å²) in [6.45, 7) is 0. The number of hydrogen-bond acceptors (Lipinski definition) is 3. The second-order valence-corrected chi connectivity index (χ2v) is 5.54. The van der Waals surface area contributed by atoms with Crippen molar-refractivity contribution < 1.29 is 0 Å². The molecule has 2 saturated carbocycles. The van der Waals surface area contributed by atoms with E-state index in [1.54, 1.807) is 0 Å². The van der Waals surface area contributed by atoms with Crippen molar-refractivity contribution in [3.8, 4) is 0 Å². The number of pyridine rings is 1. The Hall–Kier alpha value is -1.09. The zero-order valence-corrected chi connectivity index (χ0v) is 10.0. The van der Waals surface area contributed by atoms with E-state index in [-0.39, 0.29) is 11.0 Å². The molecule has 0 saturated heterocycles. The van der Waals surface area contributed by atoms with E-state index < -0.39 is 0 Å². The molecule has 16 heavy (non-hydrogen) atoms. The molecule has 1 heterocycles. The van der Waals surface area contributed by atoms with E-state index in [9.17, 15) is 0 Å². The van der Waals surface area contributed by atoms with Crippen molar-refractivity contribution >= 4 is 5.82 Å². The minimum atomic E-state index is 0.0916. The van der Waals surface area contributed by atoms with E-state index in [0.717, 1.165) is 5.82 Å². The van der Waals surface area contributed by atoms with Crippen LogP contribution in [0.3, 0.4) is 0 Å². The standard InChI is InChI=1S/C13H19N3/c1-16(2)11-4-3-10(9-15-11)12(5-6-12)13(14)7-8-13/h3-4,9H,5-8,14H2,1-2H3. The summed E-state index contributed by atoms with van der Waals surface area (Å²) >= 11 is 0. The minimum Gasteiger partial charge on any atom is -0.363 e. The maximum absolute atomic E-state index is 6.38. The number of nitrogens with two attached hydrogens (primary N) is 1. The van der Waals surface area contributed by atoms with E-state index in [1.165, 1.54) is 31.2 Å². The molecule has 0 bridgehead atoms. The molecule has 86 valence electrons. The molecule has 3 heteroatoms. The van der Waals surface area contributed by atoms with Gasteiger partial charge in [0.15, 0.2) is 0 Å². The summed E-state index contributed by atoms with van der Waals surface area (Å²) in [6, 6.07) is 4.31. The number of anilines is 1. The van der Waals surface area contributed by atoms with Crippen molar-refractivity contribution in [2.24, 2.45) is 5.73 Å². The normalized spacial score (nSPS) is 23.9. The van der Waals surface area contributed by atoms with Crippen molar-refractivity contribution in [2.45, 2.75) is 36.6 Å². The van der Waals surface area contributed by atoms with Crippen LogP contribution in [-0.2, 0) is 5.41 Å². The molecule has 2 N–H and O–H groups in total. The Morgan fingerprint density at radius 2 is 1.88 bits per heavy atom. The molecule has 1 aromatic heterocycles. The van der Waals surface area contributed by atoms with E-state index in [2.05, 4.69) is 17.1 Å². The fourth-order valence-electron chi connectivity index (χ4n) is 2.75. The van der Waals surface area contributed by atoms with Crippen LogP contribution in [0.2, 0.25) is 0 Å². The third-order valence-corrected chi connectivity index (χ3v) is 4.25. The highest BCUT2D eigenvalue weighted by Gasteiger charge is 2.64. The first-order valence-electron chi connectivity index (χ1n) is 6.00. The lowest BCUT2D eigenvalue weighted by atomic mass is 9.87. The van der Waals surface area contributed by atoms with Crippen molar-refractivity contribution in [3.05, 3.63) is 23.9 Å². The van der Waals surface area contributed by atoms with Gasteiger partial charge in [0.1, 0.15) is 5.82 Å². The van der Waals surface area contributed by atoms with Gasteiger partial charge in [-0.25, -0.2) is 4.98 Å². The van der Waals surface area contributed by atoms with E-state index in [0.29, 0.717) is 0 Å². The van der Waals surface area contributed by atoms with Crippen LogP contribution in [0, 0.1) is 0 Å². The van der Waals surface area contributed by atoms with Crippen LogP contribution in [0.5, 0.6) is 0 Å². The molecule has 0 spiro atoms. The van der Waals surface area contributed by atoms with Gasteiger partial charge in [-0.15, -0.1) is 0 Å². The first-order chi connectivity index (χ1) is 7.57. The van der Waals surface area contributed by atoms with Crippen LogP contribution in [0.4, 0.5) is 5.82 Å². The zero-order valence-electron chi connectivity index (χ0n) is 10.0. The Morgan fingerprint density at radius 3 is 2.25 bits per heavy atom. The second kappa shape index (κ2) is 2.98. The van der Waals surface area contributed by atoms with Gasteiger partial charge in [0, 0.05) is 31.2 Å². The second-order valence-electron chi connectivity index (χ2n) is 5.54. The summed E-state index contributed by atoms with van der Waals surface area (Å²) in [6.07, 6.45) is 6.87. The zero-order chi connectivity index (χ0) is 11.4. The predicted octanol–water partition coefficient (Wildman–Crippen LogP) is 1.67. The van der Waals surface area contributed by atoms with Crippen molar-refractivity contribution in [1.82, 2.24) is 4.98 Å². The lowest BCUT2D eigenvalue weighted by Crippen LogP contribution is -2.37. The predicted molar refractivity (Wildman–Crippen MR) is 65.6 cm³/mol. The average Bonchev–Trinajstić information content (AvgIpc) is 3.13. The van der Waals surface area contributed by atoms with Crippen molar-refractivity contribution in [2.75, 3.05) is 19.0 Å². The molecule has 0 unspecified atom stereocenters. The number of hydrogen-bond donors (Lipinski definition) is 1. The SMILES string of the molecule is CN(C)c1ccc(C2(C3(N)CC3)CC2)cn1. The molecule has 3 rings (SSSR count). The van der Waals surface area contributed by atoms with Gasteiger partial charge >= 0.3 is 0 Å². The summed E-state index contributed by atoms with van der Waals surface area (Å²) in [7, 11) is 4.03. The Bertz CT molecular complexity index is 400. The first-order valence-corrected chi connectivity index (χ1v) is 6.00. The molecule has 0 aromatic carbocycles. The summed E-state index contributed by atoms with van der Waals surface area (Å²) in [5, 5.41) is 0. The largest absolute Gasteiger partial charge is 0.363 e. The van der Waals surface area contributed by atoms with Crippen molar-refractivity contribution in [3.63, 3.8) is 0 Å². The fraction of sp³-hybridized carbons (Fsp3) is 0.615. The third kappa shape index (κ3) is 1.27. The number of nitrogens with zero attached hydrogens (tertiary/aromatic N) is 2. The van der Waals surface area contributed by atoms with Crippen LogP contribution in [0.15, 0.2) is 18.3 Å². The summed E-state index contributed by atoms with van der Waals surface area (Å²) in [4.78, 5) is 6.52. The van der Waals surface area contributed by atoms with Crippen LogP contribution in [0.25, 0.3) is 0 Å². The lowest BCUT2D eigenvalue weighted by Gasteiger charge is -2.23. The molecule has 2 aliphatic rings. The minimum absolute atomic E-state index is 0.0916. The van der Waals surface area contributed by atoms with Gasteiger partial charge < -0.3 is 10.6 Å². The van der Waals surface area contributed by atoms with E-state index >= 15 is 0 Å². The first kappa shape index (κ1) is 10.1. The smallest absolute Gasteiger partial charge is 0.127 e. The van der Waals surface area contributed by atoms with Gasteiger partial charge in [0.05, 0.1) is 0 Å². The highest BCUT2D eigenvalue weighted by atomic mass is 15.1. The van der Waals surface area contributed by atoms with E-state index in [4.69, 9.17) is 5.73 Å². The molecule has 2 fully saturated rings. The Morgan fingerprint density at radius 1 is 1.19 bits per heavy atom. The monoisotopic (exact) mass is 217 g/mol. The van der Waals surface area contributed by atoms with Crippen LogP contribution in [-0.4, -0.2) is 24.6 Å². The maximum atomic E-state index is 6.38. The number of rotatable bonds is 3. The quantitative estimate of drug-likeness (QED) is 0.837. The molecule has 2 aliphatic carbocycles. The fourth-order valence-corrected chi connectivity index (χ4v) is 2.75. The topological polar surface area (TPSA) is 42.1 Å². The highest BCUT2D eigenvalue weighted by Crippen LogP contribution is 2.63. The molecule has 0 aliphatic heterocycles. The molecule has 0 amide bonds. The summed E-state index contributed by atoms with van der Waals surface area (Å²) in [5.74, 6) is 1.02. The Labute approximate surface area is 96.7 Å². The lowest BCUT2D eigenvalue weighted by molar-refractivity contribution is 0.502. The van der Waals surface area contributed by atoms with E-state index in [1.807, 2.05) is 25.2 Å². The van der Waals surface area contributed by atoms with Crippen LogP contribution in [0.1, 0.15) is 31.2 Å². The van der Waals surface area contributed by atoms with Crippen molar-refractivity contribution in [1.29, 1.82) is 0 Å². The van der Waals surface area contributed by atoms with Gasteiger partial charge in [-0.05, 0) is 37.3 Å². The van der Waals surface area contributed by atoms with Gasteiger partial charge in [0.2, 0.25) is 0 Å². The maximum Gasteiger partial charge on any atom is 0.127 e. The number of aromatic nitrogens is 1.